The minimum Gasteiger partial charge on any atom is -0.378 e. The zero-order chi connectivity index (χ0) is 22.7. The summed E-state index contributed by atoms with van der Waals surface area (Å²) in [4.78, 5) is 26.6. The molecule has 2 aromatic heterocycles. The van der Waals surface area contributed by atoms with Gasteiger partial charge in [-0.25, -0.2) is 9.97 Å². The third-order valence-electron chi connectivity index (χ3n) is 5.84. The van der Waals surface area contributed by atoms with Crippen LogP contribution >= 0.6 is 0 Å². The summed E-state index contributed by atoms with van der Waals surface area (Å²) in [6, 6.07) is 8.34. The number of hydrogen-bond donors (Lipinski definition) is 0. The highest BCUT2D eigenvalue weighted by Crippen LogP contribution is 2.32. The van der Waals surface area contributed by atoms with Gasteiger partial charge in [0.15, 0.2) is 0 Å². The second-order valence-corrected chi connectivity index (χ2v) is 8.24. The number of carbonyl (C=O) groups excluding carboxylic acids is 1. The lowest BCUT2D eigenvalue weighted by Crippen LogP contribution is -2.36. The predicted molar refractivity (Wildman–Crippen MR) is 123 cm³/mol. The van der Waals surface area contributed by atoms with Gasteiger partial charge in [-0.3, -0.25) is 4.79 Å². The highest BCUT2D eigenvalue weighted by Gasteiger charge is 2.25. The molecule has 8 heteroatoms. The molecule has 0 bridgehead atoms. The van der Waals surface area contributed by atoms with Gasteiger partial charge in [-0.15, -0.1) is 0 Å². The lowest BCUT2D eigenvalue weighted by Gasteiger charge is -2.23. The summed E-state index contributed by atoms with van der Waals surface area (Å²) in [7, 11) is 5.61. The number of ether oxygens (including phenoxy) is 1. The van der Waals surface area contributed by atoms with Crippen molar-refractivity contribution in [1.29, 1.82) is 0 Å². The lowest BCUT2D eigenvalue weighted by atomic mass is 9.90. The lowest BCUT2D eigenvalue weighted by molar-refractivity contribution is 0.0749. The normalized spacial score (nSPS) is 12.5. The van der Waals surface area contributed by atoms with Crippen molar-refractivity contribution in [3.05, 3.63) is 59.0 Å². The van der Waals surface area contributed by atoms with Gasteiger partial charge in [-0.1, -0.05) is 24.3 Å². The van der Waals surface area contributed by atoms with Gasteiger partial charge in [0.25, 0.3) is 11.9 Å². The van der Waals surface area contributed by atoms with Crippen molar-refractivity contribution in [1.82, 2.24) is 29.5 Å². The van der Waals surface area contributed by atoms with E-state index in [0.29, 0.717) is 30.3 Å². The average molecular weight is 435 g/mol. The molecule has 0 atom stereocenters. The van der Waals surface area contributed by atoms with Gasteiger partial charge in [0.2, 0.25) is 0 Å². The minimum absolute atomic E-state index is 0.0593. The molecule has 0 spiro atoms. The van der Waals surface area contributed by atoms with E-state index in [4.69, 9.17) is 9.72 Å². The van der Waals surface area contributed by atoms with Gasteiger partial charge >= 0.3 is 0 Å². The van der Waals surface area contributed by atoms with Crippen LogP contribution in [0.5, 0.6) is 0 Å². The number of amides is 1. The smallest absolute Gasteiger partial charge is 0.257 e. The molecule has 32 heavy (non-hydrogen) atoms. The van der Waals surface area contributed by atoms with E-state index in [1.54, 1.807) is 18.0 Å². The van der Waals surface area contributed by atoms with Crippen molar-refractivity contribution in [2.75, 3.05) is 40.8 Å². The number of carbonyl (C=O) groups is 1. The number of aromatic nitrogens is 4. The van der Waals surface area contributed by atoms with Gasteiger partial charge in [0.05, 0.1) is 29.8 Å². The molecule has 1 aliphatic carbocycles. The number of aryl methyl sites for hydroxylation is 2. The van der Waals surface area contributed by atoms with E-state index in [-0.39, 0.29) is 12.5 Å². The first-order valence-corrected chi connectivity index (χ1v) is 11.0. The number of likely N-dealkylation sites (N-methyl/N-ethyl adjacent to an activating group) is 2. The fourth-order valence-corrected chi connectivity index (χ4v) is 4.05. The quantitative estimate of drug-likeness (QED) is 0.542. The van der Waals surface area contributed by atoms with E-state index < -0.39 is 0 Å². The highest BCUT2D eigenvalue weighted by molar-refractivity contribution is 5.95. The van der Waals surface area contributed by atoms with Crippen molar-refractivity contribution in [2.24, 2.45) is 0 Å². The maximum Gasteiger partial charge on any atom is 0.257 e. The Balaban J connectivity index is 1.71. The molecule has 168 valence electrons. The molecule has 1 amide bonds. The number of fused-ring (bicyclic) bond motifs is 3. The molecule has 0 N–H and O–H groups in total. The molecule has 0 saturated heterocycles. The molecule has 8 nitrogen and oxygen atoms in total. The van der Waals surface area contributed by atoms with E-state index in [2.05, 4.69) is 33.2 Å². The molecule has 4 rings (SSSR count). The van der Waals surface area contributed by atoms with Crippen LogP contribution in [0.2, 0.25) is 0 Å². The number of rotatable bonds is 8. The van der Waals surface area contributed by atoms with Crippen molar-refractivity contribution in [3.8, 4) is 17.2 Å². The fourth-order valence-electron chi connectivity index (χ4n) is 4.05. The van der Waals surface area contributed by atoms with E-state index >= 15 is 0 Å². The Kier molecular flexibility index (Phi) is 6.62. The number of benzene rings is 1. The summed E-state index contributed by atoms with van der Waals surface area (Å²) in [5.74, 6) is 0.388. The molecule has 2 heterocycles. The monoisotopic (exact) mass is 434 g/mol. The predicted octanol–water partition coefficient (Wildman–Crippen LogP) is 2.60. The topological polar surface area (TPSA) is 76.4 Å². The van der Waals surface area contributed by atoms with E-state index in [0.717, 1.165) is 36.2 Å². The van der Waals surface area contributed by atoms with E-state index in [1.807, 2.05) is 38.2 Å². The van der Waals surface area contributed by atoms with E-state index in [9.17, 15) is 4.79 Å². The number of hydrogen-bond acceptors (Lipinski definition) is 6. The van der Waals surface area contributed by atoms with Gasteiger partial charge in [0, 0.05) is 38.5 Å². The average Bonchev–Trinajstić information content (AvgIpc) is 3.22. The van der Waals surface area contributed by atoms with Crippen molar-refractivity contribution < 1.29 is 9.53 Å². The largest absolute Gasteiger partial charge is 0.378 e. The van der Waals surface area contributed by atoms with Crippen molar-refractivity contribution in [3.63, 3.8) is 0 Å². The fraction of sp³-hybridized carbons (Fsp3) is 0.417. The van der Waals surface area contributed by atoms with Crippen LogP contribution in [-0.2, 0) is 24.2 Å². The van der Waals surface area contributed by atoms with Gasteiger partial charge < -0.3 is 14.5 Å². The Bertz CT molecular complexity index is 1110. The van der Waals surface area contributed by atoms with Gasteiger partial charge in [-0.2, -0.15) is 9.78 Å². The zero-order valence-electron chi connectivity index (χ0n) is 19.2. The van der Waals surface area contributed by atoms with Crippen LogP contribution in [0.15, 0.2) is 36.7 Å². The van der Waals surface area contributed by atoms with Crippen LogP contribution < -0.4 is 0 Å². The Morgan fingerprint density at radius 1 is 1.12 bits per heavy atom. The number of nitrogens with zero attached hydrogens (tertiary/aromatic N) is 6. The summed E-state index contributed by atoms with van der Waals surface area (Å²) < 4.78 is 7.06. The molecule has 1 aromatic carbocycles. The first-order valence-electron chi connectivity index (χ1n) is 11.0. The summed E-state index contributed by atoms with van der Waals surface area (Å²) >= 11 is 0. The van der Waals surface area contributed by atoms with Crippen LogP contribution in [0.1, 0.15) is 34.1 Å². The molecular formula is C24H30N6O2. The minimum atomic E-state index is -0.0593. The van der Waals surface area contributed by atoms with Crippen LogP contribution in [-0.4, -0.2) is 76.3 Å². The molecule has 1 aliphatic rings. The Labute approximate surface area is 188 Å². The molecule has 0 radical (unpaired) electrons. The SMILES string of the molecule is CCN(CCN(C)C)C(=O)c1cnn(-c2ncc3c(n2)-c2ccccc2CC3)c1COC. The molecule has 0 aliphatic heterocycles. The first kappa shape index (κ1) is 22.1. The zero-order valence-corrected chi connectivity index (χ0v) is 19.2. The van der Waals surface area contributed by atoms with Crippen LogP contribution in [0.3, 0.4) is 0 Å². The van der Waals surface area contributed by atoms with Crippen LogP contribution in [0, 0.1) is 0 Å². The maximum absolute atomic E-state index is 13.3. The second-order valence-electron chi connectivity index (χ2n) is 8.24. The van der Waals surface area contributed by atoms with Gasteiger partial charge in [0.1, 0.15) is 0 Å². The Morgan fingerprint density at radius 2 is 1.91 bits per heavy atom. The van der Waals surface area contributed by atoms with Crippen LogP contribution in [0.4, 0.5) is 0 Å². The van der Waals surface area contributed by atoms with Crippen molar-refractivity contribution in [2.45, 2.75) is 26.4 Å². The summed E-state index contributed by atoms with van der Waals surface area (Å²) in [6.45, 7) is 4.28. The summed E-state index contributed by atoms with van der Waals surface area (Å²) in [5, 5.41) is 4.50. The van der Waals surface area contributed by atoms with E-state index in [1.165, 1.54) is 5.56 Å². The molecule has 0 fully saturated rings. The first-order chi connectivity index (χ1) is 15.5. The Morgan fingerprint density at radius 3 is 2.66 bits per heavy atom. The summed E-state index contributed by atoms with van der Waals surface area (Å²) in [6.07, 6.45) is 5.38. The van der Waals surface area contributed by atoms with Crippen molar-refractivity contribution >= 4 is 5.91 Å². The molecule has 0 unspecified atom stereocenters. The Hall–Kier alpha value is -3.10. The number of methoxy groups -OCH3 is 1. The third-order valence-corrected chi connectivity index (χ3v) is 5.84. The summed E-state index contributed by atoms with van der Waals surface area (Å²) in [5.41, 5.74) is 5.67. The third kappa shape index (κ3) is 4.28. The molecule has 3 aromatic rings. The highest BCUT2D eigenvalue weighted by atomic mass is 16.5. The second kappa shape index (κ2) is 9.58. The molecule has 0 saturated carbocycles. The maximum atomic E-state index is 13.3. The molecular weight excluding hydrogens is 404 g/mol. The van der Waals surface area contributed by atoms with Gasteiger partial charge in [-0.05, 0) is 45.0 Å². The van der Waals surface area contributed by atoms with Crippen LogP contribution in [0.25, 0.3) is 17.2 Å². The standard InChI is InChI=1S/C24H30N6O2/c1-5-29(13-12-28(2)3)23(31)20-15-26-30(21(20)16-32-4)24-25-14-18-11-10-17-8-6-7-9-19(17)22(18)27-24/h6-9,14-15H,5,10-13,16H2,1-4H3.